The molecule has 1 saturated heterocycles. The Kier molecular flexibility index (Phi) is 9.06. The summed E-state index contributed by atoms with van der Waals surface area (Å²) >= 11 is 0. The molecule has 1 aliphatic heterocycles. The number of halogens is 1. The van der Waals surface area contributed by atoms with Crippen molar-refractivity contribution in [3.63, 3.8) is 0 Å². The van der Waals surface area contributed by atoms with Gasteiger partial charge in [-0.25, -0.2) is 4.98 Å². The number of rotatable bonds is 6. The van der Waals surface area contributed by atoms with Crippen LogP contribution < -0.4 is 5.32 Å². The highest BCUT2D eigenvalue weighted by molar-refractivity contribution is 14.0. The van der Waals surface area contributed by atoms with E-state index in [4.69, 9.17) is 4.74 Å². The number of hydrogen-bond donors (Lipinski definition) is 1. The average Bonchev–Trinajstić information content (AvgIpc) is 3.22. The first-order valence-corrected chi connectivity index (χ1v) is 9.33. The molecule has 1 fully saturated rings. The Morgan fingerprint density at radius 2 is 2.11 bits per heavy atom. The van der Waals surface area contributed by atoms with Crippen LogP contribution in [0.3, 0.4) is 0 Å². The van der Waals surface area contributed by atoms with Crippen LogP contribution in [0.4, 0.5) is 0 Å². The third-order valence-corrected chi connectivity index (χ3v) is 5.00. The molecule has 0 aliphatic carbocycles. The maximum atomic E-state index is 5.45. The van der Waals surface area contributed by atoms with E-state index in [-0.39, 0.29) is 24.0 Å². The summed E-state index contributed by atoms with van der Waals surface area (Å²) in [6, 6.07) is 8.36. The van der Waals surface area contributed by atoms with E-state index in [1.54, 1.807) is 6.20 Å². The highest BCUT2D eigenvalue weighted by atomic mass is 127. The number of ether oxygens (including phenoxy) is 1. The van der Waals surface area contributed by atoms with Crippen molar-refractivity contribution in [2.75, 3.05) is 33.9 Å². The van der Waals surface area contributed by atoms with Gasteiger partial charge in [-0.05, 0) is 36.8 Å². The summed E-state index contributed by atoms with van der Waals surface area (Å²) < 4.78 is 7.48. The Bertz CT molecular complexity index is 698. The number of hydrogen-bond acceptors (Lipinski definition) is 3. The second-order valence-corrected chi connectivity index (χ2v) is 6.77. The maximum Gasteiger partial charge on any atom is 0.193 e. The van der Waals surface area contributed by atoms with E-state index in [9.17, 15) is 0 Å². The van der Waals surface area contributed by atoms with Crippen LogP contribution in [0.5, 0.6) is 0 Å². The molecule has 27 heavy (non-hydrogen) atoms. The predicted octanol–water partition coefficient (Wildman–Crippen LogP) is 3.31. The molecule has 1 N–H and O–H groups in total. The molecule has 3 rings (SSSR count). The molecule has 1 aliphatic rings. The molecule has 0 bridgehead atoms. The number of aromatic nitrogens is 2. The number of guanidine groups is 1. The van der Waals surface area contributed by atoms with Gasteiger partial charge < -0.3 is 19.5 Å². The molecule has 1 aromatic carbocycles. The number of para-hydroxylation sites is 1. The number of benzene rings is 1. The molecule has 2 heterocycles. The zero-order chi connectivity index (χ0) is 18.2. The molecule has 0 spiro atoms. The molecule has 0 radical (unpaired) electrons. The number of nitrogens with zero attached hydrogens (tertiary/aromatic N) is 4. The van der Waals surface area contributed by atoms with E-state index in [0.29, 0.717) is 0 Å². The Balaban J connectivity index is 0.00000261. The monoisotopic (exact) mass is 483 g/mol. The summed E-state index contributed by atoms with van der Waals surface area (Å²) in [7, 11) is 3.95. The third kappa shape index (κ3) is 6.21. The zero-order valence-corrected chi connectivity index (χ0v) is 18.5. The maximum absolute atomic E-state index is 5.45. The van der Waals surface area contributed by atoms with Crippen LogP contribution in [0.15, 0.2) is 48.0 Å². The standard InChI is InChI=1S/C20H29N5O.HI/c1-21-20(24(2)11-7-17-8-13-26-14-9-17)23-15-18-5-3-4-6-19(18)25-12-10-22-16-25;/h3-6,10,12,16-17H,7-9,11,13-15H2,1-2H3,(H,21,23);1H. The average molecular weight is 483 g/mol. The smallest absolute Gasteiger partial charge is 0.193 e. The summed E-state index contributed by atoms with van der Waals surface area (Å²) in [6.45, 7) is 3.55. The lowest BCUT2D eigenvalue weighted by atomic mass is 9.96. The van der Waals surface area contributed by atoms with E-state index in [1.165, 1.54) is 24.8 Å². The van der Waals surface area contributed by atoms with Crippen molar-refractivity contribution >= 4 is 29.9 Å². The van der Waals surface area contributed by atoms with Crippen LogP contribution in [0.25, 0.3) is 5.69 Å². The fraction of sp³-hybridized carbons (Fsp3) is 0.500. The lowest BCUT2D eigenvalue weighted by molar-refractivity contribution is 0.0625. The first-order valence-electron chi connectivity index (χ1n) is 9.33. The van der Waals surface area contributed by atoms with Crippen molar-refractivity contribution in [1.82, 2.24) is 19.8 Å². The van der Waals surface area contributed by atoms with E-state index in [1.807, 2.05) is 30.2 Å². The molecule has 2 aromatic rings. The topological polar surface area (TPSA) is 54.7 Å². The second-order valence-electron chi connectivity index (χ2n) is 6.77. The fourth-order valence-electron chi connectivity index (χ4n) is 3.39. The predicted molar refractivity (Wildman–Crippen MR) is 120 cm³/mol. The summed E-state index contributed by atoms with van der Waals surface area (Å²) in [6.07, 6.45) is 9.14. The van der Waals surface area contributed by atoms with Crippen LogP contribution in [0.2, 0.25) is 0 Å². The number of aliphatic imine (C=N–C) groups is 1. The summed E-state index contributed by atoms with van der Waals surface area (Å²) in [4.78, 5) is 10.8. The molecule has 7 heteroatoms. The van der Waals surface area contributed by atoms with Gasteiger partial charge in [0.05, 0.1) is 12.0 Å². The van der Waals surface area contributed by atoms with Crippen LogP contribution in [0, 0.1) is 5.92 Å². The second kappa shape index (κ2) is 11.3. The molecule has 0 amide bonds. The Morgan fingerprint density at radius 1 is 1.33 bits per heavy atom. The normalized spacial score (nSPS) is 15.3. The number of nitrogens with one attached hydrogen (secondary N) is 1. The largest absolute Gasteiger partial charge is 0.381 e. The quantitative estimate of drug-likeness (QED) is 0.389. The van der Waals surface area contributed by atoms with E-state index < -0.39 is 0 Å². The van der Waals surface area contributed by atoms with Crippen molar-refractivity contribution in [2.24, 2.45) is 10.9 Å². The SMILES string of the molecule is CN=C(NCc1ccccc1-n1ccnc1)N(C)CCC1CCOCC1.I. The summed E-state index contributed by atoms with van der Waals surface area (Å²) in [5.74, 6) is 1.70. The van der Waals surface area contributed by atoms with Crippen LogP contribution >= 0.6 is 24.0 Å². The van der Waals surface area contributed by atoms with E-state index in [0.717, 1.165) is 43.9 Å². The van der Waals surface area contributed by atoms with Gasteiger partial charge in [0, 0.05) is 52.8 Å². The lowest BCUT2D eigenvalue weighted by Gasteiger charge is -2.27. The van der Waals surface area contributed by atoms with Gasteiger partial charge in [0.2, 0.25) is 0 Å². The van der Waals surface area contributed by atoms with Gasteiger partial charge >= 0.3 is 0 Å². The molecular formula is C20H30IN5O. The van der Waals surface area contributed by atoms with Crippen LogP contribution in [0.1, 0.15) is 24.8 Å². The van der Waals surface area contributed by atoms with E-state index >= 15 is 0 Å². The molecule has 148 valence electrons. The third-order valence-electron chi connectivity index (χ3n) is 5.00. The van der Waals surface area contributed by atoms with Crippen molar-refractivity contribution in [3.05, 3.63) is 48.5 Å². The molecule has 0 atom stereocenters. The van der Waals surface area contributed by atoms with Gasteiger partial charge in [-0.1, -0.05) is 18.2 Å². The lowest BCUT2D eigenvalue weighted by Crippen LogP contribution is -2.39. The van der Waals surface area contributed by atoms with Gasteiger partial charge in [-0.3, -0.25) is 4.99 Å². The summed E-state index contributed by atoms with van der Waals surface area (Å²) in [5.41, 5.74) is 2.35. The van der Waals surface area contributed by atoms with E-state index in [2.05, 4.69) is 45.4 Å². The first kappa shape index (κ1) is 21.7. The number of imidazole rings is 1. The minimum Gasteiger partial charge on any atom is -0.381 e. The zero-order valence-electron chi connectivity index (χ0n) is 16.2. The molecule has 1 aromatic heterocycles. The van der Waals surface area contributed by atoms with Crippen molar-refractivity contribution in [1.29, 1.82) is 0 Å². The van der Waals surface area contributed by atoms with Crippen LogP contribution in [-0.4, -0.2) is 54.3 Å². The Labute approximate surface area is 179 Å². The molecule has 6 nitrogen and oxygen atoms in total. The van der Waals surface area contributed by atoms with Crippen molar-refractivity contribution < 1.29 is 4.74 Å². The van der Waals surface area contributed by atoms with Crippen molar-refractivity contribution in [2.45, 2.75) is 25.8 Å². The van der Waals surface area contributed by atoms with Gasteiger partial charge in [-0.2, -0.15) is 0 Å². The minimum absolute atomic E-state index is 0. The Hall–Kier alpha value is -1.61. The van der Waals surface area contributed by atoms with Crippen LogP contribution in [-0.2, 0) is 11.3 Å². The fourth-order valence-corrected chi connectivity index (χ4v) is 3.39. The Morgan fingerprint density at radius 3 is 2.81 bits per heavy atom. The highest BCUT2D eigenvalue weighted by Gasteiger charge is 2.15. The van der Waals surface area contributed by atoms with Gasteiger partial charge in [0.15, 0.2) is 5.96 Å². The molecule has 0 saturated carbocycles. The molecular weight excluding hydrogens is 453 g/mol. The highest BCUT2D eigenvalue weighted by Crippen LogP contribution is 2.18. The van der Waals surface area contributed by atoms with Gasteiger partial charge in [0.1, 0.15) is 0 Å². The molecule has 0 unspecified atom stereocenters. The minimum atomic E-state index is 0. The van der Waals surface area contributed by atoms with Crippen molar-refractivity contribution in [3.8, 4) is 5.69 Å². The summed E-state index contributed by atoms with van der Waals surface area (Å²) in [5, 5.41) is 3.49. The van der Waals surface area contributed by atoms with Gasteiger partial charge in [-0.15, -0.1) is 24.0 Å². The van der Waals surface area contributed by atoms with Gasteiger partial charge in [0.25, 0.3) is 0 Å². The first-order chi connectivity index (χ1) is 12.8.